The Balaban J connectivity index is 2.52. The highest BCUT2D eigenvalue weighted by Crippen LogP contribution is 2.21. The van der Waals surface area contributed by atoms with E-state index in [4.69, 9.17) is 11.6 Å². The Morgan fingerprint density at radius 1 is 1.53 bits per heavy atom. The predicted molar refractivity (Wildman–Crippen MR) is 71.9 cm³/mol. The molecule has 2 heterocycles. The molecule has 0 unspecified atom stereocenters. The van der Waals surface area contributed by atoms with Crippen molar-refractivity contribution in [2.75, 3.05) is 11.9 Å². The quantitative estimate of drug-likeness (QED) is 0.687. The fourth-order valence-corrected chi connectivity index (χ4v) is 1.68. The number of nitrogens with one attached hydrogen (secondary N) is 1. The van der Waals surface area contributed by atoms with E-state index in [-0.39, 0.29) is 5.69 Å². The summed E-state index contributed by atoms with van der Waals surface area (Å²) in [4.78, 5) is 14.7. The molecule has 19 heavy (non-hydrogen) atoms. The van der Waals surface area contributed by atoms with E-state index in [1.807, 2.05) is 6.92 Å². The normalized spacial score (nSPS) is 10.5. The van der Waals surface area contributed by atoms with Crippen LogP contribution in [0.4, 0.5) is 11.5 Å². The molecule has 0 bridgehead atoms. The Morgan fingerprint density at radius 3 is 2.79 bits per heavy atom. The summed E-state index contributed by atoms with van der Waals surface area (Å²) in [6, 6.07) is 2.73. The molecule has 100 valence electrons. The number of aromatic nitrogens is 3. The molecule has 0 fully saturated rings. The summed E-state index contributed by atoms with van der Waals surface area (Å²) in [5.74, 6) is 0.774. The highest BCUT2D eigenvalue weighted by Gasteiger charge is 2.13. The average Bonchev–Trinajstić information content (AvgIpc) is 2.70. The van der Waals surface area contributed by atoms with Gasteiger partial charge in [0.25, 0.3) is 5.69 Å². The Bertz CT molecular complexity index is 606. The first-order valence-electron chi connectivity index (χ1n) is 5.63. The summed E-state index contributed by atoms with van der Waals surface area (Å²) < 4.78 is 1.42. The van der Waals surface area contributed by atoms with Crippen LogP contribution >= 0.6 is 11.6 Å². The zero-order chi connectivity index (χ0) is 14.0. The van der Waals surface area contributed by atoms with Crippen molar-refractivity contribution in [3.8, 4) is 5.82 Å². The van der Waals surface area contributed by atoms with Crippen molar-refractivity contribution in [2.24, 2.45) is 0 Å². The van der Waals surface area contributed by atoms with E-state index in [0.717, 1.165) is 0 Å². The van der Waals surface area contributed by atoms with Gasteiger partial charge in [0.2, 0.25) is 0 Å². The van der Waals surface area contributed by atoms with Crippen LogP contribution in [0.1, 0.15) is 12.6 Å². The smallest absolute Gasteiger partial charge is 0.276 e. The summed E-state index contributed by atoms with van der Waals surface area (Å²) in [6.45, 7) is 4.25. The van der Waals surface area contributed by atoms with Crippen molar-refractivity contribution in [3.63, 3.8) is 0 Å². The molecule has 0 atom stereocenters. The molecule has 0 saturated carbocycles. The van der Waals surface area contributed by atoms with E-state index >= 15 is 0 Å². The SMILES string of the molecule is CCNc1cc([N+](=O)[O-])cc(-n2cc(Cl)c(C)n2)n1. The molecule has 2 aromatic rings. The second-order valence-corrected chi connectivity index (χ2v) is 4.27. The van der Waals surface area contributed by atoms with Gasteiger partial charge in [0.15, 0.2) is 5.82 Å². The summed E-state index contributed by atoms with van der Waals surface area (Å²) in [6.07, 6.45) is 1.57. The molecule has 1 N–H and O–H groups in total. The van der Waals surface area contributed by atoms with Gasteiger partial charge < -0.3 is 5.32 Å². The van der Waals surface area contributed by atoms with Crippen LogP contribution in [0.15, 0.2) is 18.3 Å². The van der Waals surface area contributed by atoms with Crippen LogP contribution in [0, 0.1) is 17.0 Å². The van der Waals surface area contributed by atoms with Crippen molar-refractivity contribution in [1.29, 1.82) is 0 Å². The molecule has 0 aliphatic heterocycles. The van der Waals surface area contributed by atoms with Crippen LogP contribution in [0.2, 0.25) is 5.02 Å². The number of pyridine rings is 1. The third-order valence-electron chi connectivity index (χ3n) is 2.44. The van der Waals surface area contributed by atoms with Gasteiger partial charge in [0, 0.05) is 6.54 Å². The lowest BCUT2D eigenvalue weighted by Gasteiger charge is -2.05. The molecule has 0 amide bonds. The van der Waals surface area contributed by atoms with E-state index < -0.39 is 4.92 Å². The maximum absolute atomic E-state index is 10.9. The van der Waals surface area contributed by atoms with E-state index in [1.165, 1.54) is 16.8 Å². The minimum atomic E-state index is -0.468. The number of rotatable bonds is 4. The molecule has 0 aliphatic rings. The molecule has 8 heteroatoms. The monoisotopic (exact) mass is 281 g/mol. The van der Waals surface area contributed by atoms with Gasteiger partial charge in [-0.1, -0.05) is 11.6 Å². The van der Waals surface area contributed by atoms with Crippen molar-refractivity contribution >= 4 is 23.1 Å². The lowest BCUT2D eigenvalue weighted by Crippen LogP contribution is -2.05. The molecule has 2 aromatic heterocycles. The van der Waals surface area contributed by atoms with Gasteiger partial charge in [0.05, 0.1) is 34.0 Å². The zero-order valence-electron chi connectivity index (χ0n) is 10.4. The summed E-state index contributed by atoms with van der Waals surface area (Å²) in [7, 11) is 0. The molecule has 0 spiro atoms. The zero-order valence-corrected chi connectivity index (χ0v) is 11.2. The number of nitro groups is 1. The average molecular weight is 282 g/mol. The van der Waals surface area contributed by atoms with Crippen LogP contribution in [0.5, 0.6) is 0 Å². The van der Waals surface area contributed by atoms with Crippen molar-refractivity contribution in [1.82, 2.24) is 14.8 Å². The van der Waals surface area contributed by atoms with Gasteiger partial charge in [-0.05, 0) is 13.8 Å². The second-order valence-electron chi connectivity index (χ2n) is 3.86. The topological polar surface area (TPSA) is 85.9 Å². The molecular formula is C11H12ClN5O2. The molecule has 0 aliphatic carbocycles. The minimum Gasteiger partial charge on any atom is -0.370 e. The van der Waals surface area contributed by atoms with Gasteiger partial charge in [-0.25, -0.2) is 9.67 Å². The molecular weight excluding hydrogens is 270 g/mol. The fraction of sp³-hybridized carbons (Fsp3) is 0.273. The third kappa shape index (κ3) is 2.82. The summed E-state index contributed by atoms with van der Waals surface area (Å²) in [5, 5.41) is 18.5. The summed E-state index contributed by atoms with van der Waals surface area (Å²) >= 11 is 5.92. The summed E-state index contributed by atoms with van der Waals surface area (Å²) in [5.41, 5.74) is 0.588. The molecule has 0 aromatic carbocycles. The molecule has 0 saturated heterocycles. The van der Waals surface area contributed by atoms with Crippen LogP contribution in [0.3, 0.4) is 0 Å². The van der Waals surface area contributed by atoms with Crippen LogP contribution in [-0.2, 0) is 0 Å². The maximum Gasteiger partial charge on any atom is 0.276 e. The van der Waals surface area contributed by atoms with Crippen molar-refractivity contribution in [3.05, 3.63) is 39.2 Å². The van der Waals surface area contributed by atoms with Crippen LogP contribution in [0.25, 0.3) is 5.82 Å². The fourth-order valence-electron chi connectivity index (χ4n) is 1.55. The van der Waals surface area contributed by atoms with Gasteiger partial charge in [-0.15, -0.1) is 0 Å². The number of hydrogen-bond donors (Lipinski definition) is 1. The maximum atomic E-state index is 10.9. The molecule has 0 radical (unpaired) electrons. The van der Waals surface area contributed by atoms with Gasteiger partial charge >= 0.3 is 0 Å². The van der Waals surface area contributed by atoms with Crippen LogP contribution in [-0.4, -0.2) is 26.2 Å². The third-order valence-corrected chi connectivity index (χ3v) is 2.81. The first-order valence-corrected chi connectivity index (χ1v) is 6.01. The van der Waals surface area contributed by atoms with E-state index in [0.29, 0.717) is 28.9 Å². The number of hydrogen-bond acceptors (Lipinski definition) is 5. The highest BCUT2D eigenvalue weighted by atomic mass is 35.5. The number of halogens is 1. The van der Waals surface area contributed by atoms with Crippen molar-refractivity contribution in [2.45, 2.75) is 13.8 Å². The first kappa shape index (κ1) is 13.3. The molecule has 2 rings (SSSR count). The van der Waals surface area contributed by atoms with Crippen molar-refractivity contribution < 1.29 is 4.92 Å². The minimum absolute atomic E-state index is 0.0507. The Kier molecular flexibility index (Phi) is 3.66. The Labute approximate surface area is 114 Å². The Morgan fingerprint density at radius 2 is 2.26 bits per heavy atom. The van der Waals surface area contributed by atoms with Gasteiger partial charge in [-0.3, -0.25) is 10.1 Å². The highest BCUT2D eigenvalue weighted by molar-refractivity contribution is 6.31. The number of nitrogens with zero attached hydrogens (tertiary/aromatic N) is 4. The van der Waals surface area contributed by atoms with Crippen LogP contribution < -0.4 is 5.32 Å². The largest absolute Gasteiger partial charge is 0.370 e. The number of anilines is 1. The van der Waals surface area contributed by atoms with Gasteiger partial charge in [0.1, 0.15) is 5.82 Å². The predicted octanol–water partition coefficient (Wildman–Crippen LogP) is 2.57. The van der Waals surface area contributed by atoms with E-state index in [9.17, 15) is 10.1 Å². The standard InChI is InChI=1S/C11H12ClN5O2/c1-3-13-10-4-8(17(18)19)5-11(14-10)16-6-9(12)7(2)15-16/h4-6H,3H2,1-2H3,(H,13,14). The molecule has 7 nitrogen and oxygen atoms in total. The lowest BCUT2D eigenvalue weighted by molar-refractivity contribution is -0.384. The van der Waals surface area contributed by atoms with E-state index in [2.05, 4.69) is 15.4 Å². The number of aryl methyl sites for hydroxylation is 1. The van der Waals surface area contributed by atoms with E-state index in [1.54, 1.807) is 13.1 Å². The first-order chi connectivity index (χ1) is 9.01. The lowest BCUT2D eigenvalue weighted by atomic mass is 10.3. The Hall–Kier alpha value is -2.15. The van der Waals surface area contributed by atoms with Gasteiger partial charge in [-0.2, -0.15) is 5.10 Å². The second kappa shape index (κ2) is 5.23.